The Morgan fingerprint density at radius 3 is 2.55 bits per heavy atom. The van der Waals surface area contributed by atoms with Crippen LogP contribution in [0.1, 0.15) is 13.3 Å². The van der Waals surface area contributed by atoms with Gasteiger partial charge in [0.2, 0.25) is 5.91 Å². The Bertz CT molecular complexity index is 1080. The minimum Gasteiger partial charge on any atom is -0.469 e. The number of esters is 1. The molecule has 0 bridgehead atoms. The number of carbonyl (C=O) groups excluding carboxylic acids is 2. The Morgan fingerprint density at radius 1 is 1.14 bits per heavy atom. The van der Waals surface area contributed by atoms with Gasteiger partial charge in [-0.25, -0.2) is 4.98 Å². The molecule has 0 aliphatic carbocycles. The predicted molar refractivity (Wildman–Crippen MR) is 113 cm³/mol. The van der Waals surface area contributed by atoms with Crippen molar-refractivity contribution in [3.05, 3.63) is 65.0 Å². The molecule has 1 unspecified atom stereocenters. The highest BCUT2D eigenvalue weighted by Gasteiger charge is 2.20. The topological polar surface area (TPSA) is 90.3 Å². The monoisotopic (exact) mass is 411 g/mol. The van der Waals surface area contributed by atoms with Crippen molar-refractivity contribution in [2.75, 3.05) is 12.4 Å². The number of amides is 1. The molecule has 3 aromatic rings. The Labute approximate surface area is 172 Å². The summed E-state index contributed by atoms with van der Waals surface area (Å²) in [5, 5.41) is 3.18. The SMILES string of the molecule is COC(=O)CCn1c(SC(C)C(=O)Nc2ccccc2)nc2ccccc2c1=O. The maximum Gasteiger partial charge on any atom is 0.307 e. The summed E-state index contributed by atoms with van der Waals surface area (Å²) in [4.78, 5) is 41.7. The average Bonchev–Trinajstić information content (AvgIpc) is 2.74. The van der Waals surface area contributed by atoms with E-state index in [1.165, 1.54) is 23.4 Å². The van der Waals surface area contributed by atoms with Crippen LogP contribution in [-0.4, -0.2) is 33.8 Å². The number of methoxy groups -OCH3 is 1. The van der Waals surface area contributed by atoms with Crippen molar-refractivity contribution < 1.29 is 14.3 Å². The highest BCUT2D eigenvalue weighted by molar-refractivity contribution is 8.00. The lowest BCUT2D eigenvalue weighted by Gasteiger charge is -2.16. The van der Waals surface area contributed by atoms with Crippen LogP contribution in [0.4, 0.5) is 5.69 Å². The van der Waals surface area contributed by atoms with E-state index in [0.29, 0.717) is 21.7 Å². The zero-order valence-electron chi connectivity index (χ0n) is 16.1. The first-order valence-corrected chi connectivity index (χ1v) is 9.96. The molecular formula is C21H21N3O4S. The molecule has 1 atom stereocenters. The molecule has 2 aromatic carbocycles. The van der Waals surface area contributed by atoms with Gasteiger partial charge in [0.1, 0.15) is 0 Å². The van der Waals surface area contributed by atoms with Crippen LogP contribution < -0.4 is 10.9 Å². The minimum atomic E-state index is -0.507. The lowest BCUT2D eigenvalue weighted by atomic mass is 10.2. The largest absolute Gasteiger partial charge is 0.469 e. The molecule has 3 rings (SSSR count). The number of hydrogen-bond acceptors (Lipinski definition) is 6. The quantitative estimate of drug-likeness (QED) is 0.365. The standard InChI is InChI=1S/C21H21N3O4S/c1-14(19(26)22-15-8-4-3-5-9-15)29-21-23-17-11-7-6-10-16(17)20(27)24(21)13-12-18(25)28-2/h3-11,14H,12-13H2,1-2H3,(H,22,26). The van der Waals surface area contributed by atoms with E-state index in [-0.39, 0.29) is 24.4 Å². The molecule has 0 aliphatic heterocycles. The molecule has 0 fully saturated rings. The fourth-order valence-corrected chi connectivity index (χ4v) is 3.65. The summed E-state index contributed by atoms with van der Waals surface area (Å²) in [5.74, 6) is -0.626. The third-order valence-corrected chi connectivity index (χ3v) is 5.38. The minimum absolute atomic E-state index is 0.0363. The van der Waals surface area contributed by atoms with E-state index in [1.54, 1.807) is 43.3 Å². The average molecular weight is 411 g/mol. The fraction of sp³-hybridized carbons (Fsp3) is 0.238. The van der Waals surface area contributed by atoms with Gasteiger partial charge in [0, 0.05) is 12.2 Å². The molecule has 0 saturated carbocycles. The number of aromatic nitrogens is 2. The van der Waals surface area contributed by atoms with Crippen LogP contribution >= 0.6 is 11.8 Å². The van der Waals surface area contributed by atoms with Crippen LogP contribution in [-0.2, 0) is 20.9 Å². The molecule has 0 spiro atoms. The highest BCUT2D eigenvalue weighted by Crippen LogP contribution is 2.24. The molecule has 1 aromatic heterocycles. The Kier molecular flexibility index (Phi) is 6.66. The smallest absolute Gasteiger partial charge is 0.307 e. The number of carbonyl (C=O) groups is 2. The summed E-state index contributed by atoms with van der Waals surface area (Å²) in [5.41, 5.74) is 0.988. The van der Waals surface area contributed by atoms with Crippen molar-refractivity contribution in [1.29, 1.82) is 0 Å². The van der Waals surface area contributed by atoms with E-state index in [2.05, 4.69) is 15.0 Å². The molecule has 1 heterocycles. The van der Waals surface area contributed by atoms with Crippen molar-refractivity contribution >= 4 is 40.2 Å². The van der Waals surface area contributed by atoms with Crippen LogP contribution in [0.15, 0.2) is 64.5 Å². The second-order valence-electron chi connectivity index (χ2n) is 6.31. The van der Waals surface area contributed by atoms with Gasteiger partial charge in [-0.2, -0.15) is 0 Å². The van der Waals surface area contributed by atoms with Gasteiger partial charge >= 0.3 is 5.97 Å². The molecule has 7 nitrogen and oxygen atoms in total. The Morgan fingerprint density at radius 2 is 1.83 bits per heavy atom. The van der Waals surface area contributed by atoms with Crippen molar-refractivity contribution in [3.63, 3.8) is 0 Å². The molecule has 1 amide bonds. The van der Waals surface area contributed by atoms with E-state index in [1.807, 2.05) is 18.2 Å². The van der Waals surface area contributed by atoms with E-state index in [0.717, 1.165) is 0 Å². The van der Waals surface area contributed by atoms with Gasteiger partial charge in [-0.1, -0.05) is 42.1 Å². The molecule has 0 saturated heterocycles. The number of ether oxygens (including phenoxy) is 1. The van der Waals surface area contributed by atoms with Gasteiger partial charge < -0.3 is 10.1 Å². The zero-order chi connectivity index (χ0) is 20.8. The number of hydrogen-bond donors (Lipinski definition) is 1. The zero-order valence-corrected chi connectivity index (χ0v) is 16.9. The lowest BCUT2D eigenvalue weighted by Crippen LogP contribution is -2.27. The van der Waals surface area contributed by atoms with Gasteiger partial charge in [0.25, 0.3) is 5.56 Å². The van der Waals surface area contributed by atoms with Gasteiger partial charge in [-0.3, -0.25) is 19.0 Å². The van der Waals surface area contributed by atoms with Crippen molar-refractivity contribution in [2.24, 2.45) is 0 Å². The van der Waals surface area contributed by atoms with Crippen LogP contribution in [0.3, 0.4) is 0 Å². The van der Waals surface area contributed by atoms with Gasteiger partial charge in [0.15, 0.2) is 5.16 Å². The van der Waals surface area contributed by atoms with Crippen LogP contribution in [0.2, 0.25) is 0 Å². The first kappa shape index (κ1) is 20.6. The summed E-state index contributed by atoms with van der Waals surface area (Å²) >= 11 is 1.17. The third kappa shape index (κ3) is 5.03. The maximum atomic E-state index is 12.9. The van der Waals surface area contributed by atoms with Gasteiger partial charge in [-0.05, 0) is 31.2 Å². The molecule has 1 N–H and O–H groups in total. The molecule has 8 heteroatoms. The molecule has 29 heavy (non-hydrogen) atoms. The first-order valence-electron chi connectivity index (χ1n) is 9.08. The molecular weight excluding hydrogens is 390 g/mol. The van der Waals surface area contributed by atoms with E-state index < -0.39 is 11.2 Å². The number of rotatable bonds is 7. The number of nitrogens with one attached hydrogen (secondary N) is 1. The van der Waals surface area contributed by atoms with Crippen LogP contribution in [0.5, 0.6) is 0 Å². The molecule has 0 radical (unpaired) electrons. The number of benzene rings is 2. The van der Waals surface area contributed by atoms with Gasteiger partial charge in [-0.15, -0.1) is 0 Å². The summed E-state index contributed by atoms with van der Waals surface area (Å²) in [7, 11) is 1.30. The summed E-state index contributed by atoms with van der Waals surface area (Å²) in [6, 6.07) is 16.1. The van der Waals surface area contributed by atoms with Gasteiger partial charge in [0.05, 0.1) is 29.7 Å². The number of anilines is 1. The van der Waals surface area contributed by atoms with Crippen molar-refractivity contribution in [1.82, 2.24) is 9.55 Å². The first-order chi connectivity index (χ1) is 14.0. The van der Waals surface area contributed by atoms with E-state index >= 15 is 0 Å². The number of thioether (sulfide) groups is 1. The predicted octanol–water partition coefficient (Wildman–Crippen LogP) is 3.08. The van der Waals surface area contributed by atoms with Crippen LogP contribution in [0, 0.1) is 0 Å². The molecule has 150 valence electrons. The van der Waals surface area contributed by atoms with Crippen molar-refractivity contribution in [3.8, 4) is 0 Å². The van der Waals surface area contributed by atoms with E-state index in [9.17, 15) is 14.4 Å². The summed E-state index contributed by atoms with van der Waals surface area (Å²) < 4.78 is 6.11. The van der Waals surface area contributed by atoms with Crippen molar-refractivity contribution in [2.45, 2.75) is 30.3 Å². The summed E-state index contributed by atoms with van der Waals surface area (Å²) in [6.07, 6.45) is 0.0363. The lowest BCUT2D eigenvalue weighted by molar-refractivity contribution is -0.140. The number of fused-ring (bicyclic) bond motifs is 1. The van der Waals surface area contributed by atoms with E-state index in [4.69, 9.17) is 0 Å². The fourth-order valence-electron chi connectivity index (χ4n) is 2.72. The normalized spacial score (nSPS) is 11.8. The number of nitrogens with zero attached hydrogens (tertiary/aromatic N) is 2. The third-order valence-electron chi connectivity index (χ3n) is 4.29. The second-order valence-corrected chi connectivity index (χ2v) is 7.62. The van der Waals surface area contributed by atoms with Crippen LogP contribution in [0.25, 0.3) is 10.9 Å². The highest BCUT2D eigenvalue weighted by atomic mass is 32.2. The maximum absolute atomic E-state index is 12.9. The second kappa shape index (κ2) is 9.38. The Balaban J connectivity index is 1.88. The number of para-hydroxylation sites is 2. The molecule has 0 aliphatic rings. The summed E-state index contributed by atoms with van der Waals surface area (Å²) in [6.45, 7) is 1.87. The Hall–Kier alpha value is -3.13.